The van der Waals surface area contributed by atoms with Crippen LogP contribution >= 0.6 is 0 Å². The number of amides is 1. The van der Waals surface area contributed by atoms with E-state index in [0.717, 1.165) is 0 Å². The number of pyridine rings is 1. The van der Waals surface area contributed by atoms with Gasteiger partial charge in [-0.1, -0.05) is 5.16 Å². The zero-order valence-electron chi connectivity index (χ0n) is 8.29. The molecule has 0 aliphatic rings. The molecule has 1 rings (SSSR count). The molecule has 80 valence electrons. The first-order valence-electron chi connectivity index (χ1n) is 4.27. The fourth-order valence-electron chi connectivity index (χ4n) is 1.06. The van der Waals surface area contributed by atoms with E-state index < -0.39 is 0 Å². The van der Waals surface area contributed by atoms with Crippen LogP contribution in [0.1, 0.15) is 10.4 Å². The van der Waals surface area contributed by atoms with Crippen molar-refractivity contribution in [3.63, 3.8) is 0 Å². The largest absolute Gasteiger partial charge is 0.409 e. The maximum absolute atomic E-state index is 11.7. The Bertz CT molecular complexity index is 364. The molecule has 0 atom stereocenters. The quantitative estimate of drug-likeness (QED) is 0.314. The van der Waals surface area contributed by atoms with E-state index in [1.165, 1.54) is 11.1 Å². The monoisotopic (exact) mass is 208 g/mol. The summed E-state index contributed by atoms with van der Waals surface area (Å²) in [6.45, 7) is 0.0736. The Morgan fingerprint density at radius 2 is 2.47 bits per heavy atom. The summed E-state index contributed by atoms with van der Waals surface area (Å²) >= 11 is 0. The zero-order chi connectivity index (χ0) is 11.3. The first-order valence-corrected chi connectivity index (χ1v) is 4.27. The second-order valence-electron chi connectivity index (χ2n) is 2.99. The molecule has 0 aromatic carbocycles. The molecule has 0 spiro atoms. The fraction of sp³-hybridized carbons (Fsp3) is 0.222. The van der Waals surface area contributed by atoms with Gasteiger partial charge in [-0.05, 0) is 12.1 Å². The van der Waals surface area contributed by atoms with Crippen LogP contribution in [-0.4, -0.2) is 40.4 Å². The van der Waals surface area contributed by atoms with E-state index in [2.05, 4.69) is 10.1 Å². The zero-order valence-corrected chi connectivity index (χ0v) is 8.29. The summed E-state index contributed by atoms with van der Waals surface area (Å²) < 4.78 is 0. The third-order valence-corrected chi connectivity index (χ3v) is 1.78. The van der Waals surface area contributed by atoms with Gasteiger partial charge in [0.25, 0.3) is 5.91 Å². The normalized spacial score (nSPS) is 11.1. The summed E-state index contributed by atoms with van der Waals surface area (Å²) in [6, 6.07) is 3.32. The molecule has 0 aliphatic heterocycles. The van der Waals surface area contributed by atoms with Gasteiger partial charge in [-0.25, -0.2) is 0 Å². The van der Waals surface area contributed by atoms with E-state index in [4.69, 9.17) is 10.9 Å². The number of amidine groups is 1. The van der Waals surface area contributed by atoms with Gasteiger partial charge in [-0.15, -0.1) is 0 Å². The second-order valence-corrected chi connectivity index (χ2v) is 2.99. The first kappa shape index (κ1) is 11.0. The van der Waals surface area contributed by atoms with Gasteiger partial charge in [-0.3, -0.25) is 9.78 Å². The van der Waals surface area contributed by atoms with E-state index in [1.807, 2.05) is 0 Å². The van der Waals surface area contributed by atoms with Crippen molar-refractivity contribution < 1.29 is 10.0 Å². The van der Waals surface area contributed by atoms with Crippen LogP contribution in [0.5, 0.6) is 0 Å². The smallest absolute Gasteiger partial charge is 0.255 e. The molecule has 1 aromatic heterocycles. The lowest BCUT2D eigenvalue weighted by Gasteiger charge is -2.15. The predicted molar refractivity (Wildman–Crippen MR) is 54.6 cm³/mol. The lowest BCUT2D eigenvalue weighted by atomic mass is 10.2. The first-order chi connectivity index (χ1) is 7.15. The highest BCUT2D eigenvalue weighted by Gasteiger charge is 2.12. The lowest BCUT2D eigenvalue weighted by molar-refractivity contribution is 0.0813. The molecule has 1 heterocycles. The van der Waals surface area contributed by atoms with Crippen molar-refractivity contribution in [1.29, 1.82) is 0 Å². The van der Waals surface area contributed by atoms with Gasteiger partial charge in [0.05, 0.1) is 12.1 Å². The van der Waals surface area contributed by atoms with Gasteiger partial charge in [0.15, 0.2) is 5.84 Å². The highest BCUT2D eigenvalue weighted by atomic mass is 16.4. The van der Waals surface area contributed by atoms with Crippen molar-refractivity contribution in [2.45, 2.75) is 0 Å². The van der Waals surface area contributed by atoms with Crippen LogP contribution in [0, 0.1) is 0 Å². The molecular formula is C9H12N4O2. The van der Waals surface area contributed by atoms with Gasteiger partial charge >= 0.3 is 0 Å². The lowest BCUT2D eigenvalue weighted by Crippen LogP contribution is -2.35. The molecule has 0 fully saturated rings. The van der Waals surface area contributed by atoms with E-state index in [1.54, 1.807) is 25.4 Å². The van der Waals surface area contributed by atoms with Gasteiger partial charge in [-0.2, -0.15) is 0 Å². The highest BCUT2D eigenvalue weighted by Crippen LogP contribution is 2.00. The Morgan fingerprint density at radius 3 is 3.00 bits per heavy atom. The maximum Gasteiger partial charge on any atom is 0.255 e. The summed E-state index contributed by atoms with van der Waals surface area (Å²) in [5, 5.41) is 11.1. The topological polar surface area (TPSA) is 91.8 Å². The standard InChI is InChI=1S/C9H12N4O2/c1-13(6-8(10)12-15)9(14)7-3-2-4-11-5-7/h2-5,15H,6H2,1H3,(H2,10,12). The Morgan fingerprint density at radius 1 is 1.73 bits per heavy atom. The summed E-state index contributed by atoms with van der Waals surface area (Å²) in [4.78, 5) is 16.9. The van der Waals surface area contributed by atoms with Crippen LogP contribution in [0.25, 0.3) is 0 Å². The Hall–Kier alpha value is -2.11. The van der Waals surface area contributed by atoms with E-state index >= 15 is 0 Å². The maximum atomic E-state index is 11.7. The van der Waals surface area contributed by atoms with E-state index in [0.29, 0.717) is 5.56 Å². The van der Waals surface area contributed by atoms with Crippen molar-refractivity contribution in [2.75, 3.05) is 13.6 Å². The van der Waals surface area contributed by atoms with Crippen LogP contribution in [0.4, 0.5) is 0 Å². The van der Waals surface area contributed by atoms with E-state index in [9.17, 15) is 4.79 Å². The summed E-state index contributed by atoms with van der Waals surface area (Å²) in [7, 11) is 1.56. The minimum atomic E-state index is -0.227. The van der Waals surface area contributed by atoms with Gasteiger partial charge < -0.3 is 15.8 Å². The molecule has 6 nitrogen and oxygen atoms in total. The minimum Gasteiger partial charge on any atom is -0.409 e. The second kappa shape index (κ2) is 4.94. The SMILES string of the molecule is CN(CC(N)=NO)C(=O)c1cccnc1. The molecule has 0 saturated carbocycles. The van der Waals surface area contributed by atoms with Crippen molar-refractivity contribution in [3.8, 4) is 0 Å². The third-order valence-electron chi connectivity index (χ3n) is 1.78. The van der Waals surface area contributed by atoms with Crippen LogP contribution in [-0.2, 0) is 0 Å². The van der Waals surface area contributed by atoms with Gasteiger partial charge in [0.1, 0.15) is 0 Å². The average Bonchev–Trinajstić information content (AvgIpc) is 2.29. The predicted octanol–water partition coefficient (Wildman–Crippen LogP) is -0.100. The summed E-state index contributed by atoms with van der Waals surface area (Å²) in [5.74, 6) is -0.246. The summed E-state index contributed by atoms with van der Waals surface area (Å²) in [5.41, 5.74) is 5.74. The number of carbonyl (C=O) groups is 1. The molecule has 3 N–H and O–H groups in total. The van der Waals surface area contributed by atoms with Crippen LogP contribution in [0.3, 0.4) is 0 Å². The molecule has 0 unspecified atom stereocenters. The number of hydrogen-bond donors (Lipinski definition) is 2. The number of oxime groups is 1. The minimum absolute atomic E-state index is 0.0188. The molecule has 6 heteroatoms. The molecule has 0 bridgehead atoms. The van der Waals surface area contributed by atoms with Gasteiger partial charge in [0.2, 0.25) is 0 Å². The van der Waals surface area contributed by atoms with Crippen molar-refractivity contribution in [1.82, 2.24) is 9.88 Å². The van der Waals surface area contributed by atoms with Crippen LogP contribution < -0.4 is 5.73 Å². The molecule has 15 heavy (non-hydrogen) atoms. The van der Waals surface area contributed by atoms with Crippen LogP contribution in [0.2, 0.25) is 0 Å². The van der Waals surface area contributed by atoms with Crippen molar-refractivity contribution >= 4 is 11.7 Å². The molecule has 0 aliphatic carbocycles. The van der Waals surface area contributed by atoms with Crippen molar-refractivity contribution in [2.24, 2.45) is 10.9 Å². The van der Waals surface area contributed by atoms with Crippen molar-refractivity contribution in [3.05, 3.63) is 30.1 Å². The Kier molecular flexibility index (Phi) is 3.61. The molecule has 1 aromatic rings. The van der Waals surface area contributed by atoms with Gasteiger partial charge in [0, 0.05) is 19.4 Å². The number of carbonyl (C=O) groups excluding carboxylic acids is 1. The Labute approximate surface area is 87.0 Å². The third kappa shape index (κ3) is 2.94. The number of aromatic nitrogens is 1. The van der Waals surface area contributed by atoms with Crippen LogP contribution in [0.15, 0.2) is 29.7 Å². The Balaban J connectivity index is 2.70. The molecule has 1 amide bonds. The number of nitrogens with zero attached hydrogens (tertiary/aromatic N) is 3. The highest BCUT2D eigenvalue weighted by molar-refractivity contribution is 5.96. The molecule has 0 saturated heterocycles. The number of nitrogens with two attached hydrogens (primary N) is 1. The summed E-state index contributed by atoms with van der Waals surface area (Å²) in [6.07, 6.45) is 3.05. The molecule has 0 radical (unpaired) electrons. The fourth-order valence-corrected chi connectivity index (χ4v) is 1.06. The number of hydrogen-bond acceptors (Lipinski definition) is 4. The number of rotatable bonds is 3. The molecular weight excluding hydrogens is 196 g/mol. The number of likely N-dealkylation sites (N-methyl/N-ethyl adjacent to an activating group) is 1. The van der Waals surface area contributed by atoms with E-state index in [-0.39, 0.29) is 18.3 Å². The average molecular weight is 208 g/mol.